The minimum atomic E-state index is -0.334. The van der Waals surface area contributed by atoms with Crippen LogP contribution < -0.4 is 5.32 Å². The van der Waals surface area contributed by atoms with Crippen LogP contribution in [-0.2, 0) is 0 Å². The highest BCUT2D eigenvalue weighted by Crippen LogP contribution is 2.27. The molecule has 7 heteroatoms. The lowest BCUT2D eigenvalue weighted by atomic mass is 10.3. The van der Waals surface area contributed by atoms with Gasteiger partial charge in [-0.1, -0.05) is 23.2 Å². The maximum atomic E-state index is 12.0. The second-order valence-corrected chi connectivity index (χ2v) is 5.32. The van der Waals surface area contributed by atoms with Crippen LogP contribution in [0, 0.1) is 13.8 Å². The average Bonchev–Trinajstić information content (AvgIpc) is 2.58. The smallest absolute Gasteiger partial charge is 0.269 e. The van der Waals surface area contributed by atoms with Crippen LogP contribution in [0.3, 0.4) is 0 Å². The van der Waals surface area contributed by atoms with Crippen LogP contribution in [0.4, 0.5) is 5.95 Å². The molecule has 0 aliphatic rings. The third-order valence-corrected chi connectivity index (χ3v) is 4.04. The third-order valence-electron chi connectivity index (χ3n) is 2.15. The predicted molar refractivity (Wildman–Crippen MR) is 73.8 cm³/mol. The minimum Gasteiger partial charge on any atom is -0.290 e. The van der Waals surface area contributed by atoms with Crippen LogP contribution in [0.25, 0.3) is 0 Å². The summed E-state index contributed by atoms with van der Waals surface area (Å²) in [7, 11) is 0. The first-order valence-electron chi connectivity index (χ1n) is 5.03. The summed E-state index contributed by atoms with van der Waals surface area (Å²) < 4.78 is 0. The number of nitrogens with one attached hydrogen (secondary N) is 1. The highest BCUT2D eigenvalue weighted by atomic mass is 35.5. The Hall–Kier alpha value is -1.17. The van der Waals surface area contributed by atoms with Gasteiger partial charge in [-0.05, 0) is 30.9 Å². The van der Waals surface area contributed by atoms with Gasteiger partial charge in [-0.3, -0.25) is 10.1 Å². The molecule has 0 bridgehead atoms. The molecule has 0 spiro atoms. The zero-order valence-electron chi connectivity index (χ0n) is 9.62. The number of rotatable bonds is 2. The first-order chi connectivity index (χ1) is 8.47. The van der Waals surface area contributed by atoms with E-state index in [0.29, 0.717) is 15.6 Å². The Kier molecular flexibility index (Phi) is 3.85. The maximum Gasteiger partial charge on any atom is 0.269 e. The van der Waals surface area contributed by atoms with Crippen molar-refractivity contribution in [1.29, 1.82) is 0 Å². The fourth-order valence-electron chi connectivity index (χ4n) is 1.33. The molecule has 0 radical (unpaired) electrons. The van der Waals surface area contributed by atoms with E-state index in [9.17, 15) is 4.79 Å². The van der Waals surface area contributed by atoms with E-state index in [4.69, 9.17) is 23.2 Å². The summed E-state index contributed by atoms with van der Waals surface area (Å²) in [5, 5.41) is 5.13. The summed E-state index contributed by atoms with van der Waals surface area (Å²) in [4.78, 5) is 20.4. The molecule has 0 aliphatic carbocycles. The Bertz CT molecular complexity index is 592. The van der Waals surface area contributed by atoms with Gasteiger partial charge >= 0.3 is 0 Å². The Balaban J connectivity index is 2.24. The molecule has 2 heterocycles. The third kappa shape index (κ3) is 2.80. The lowest BCUT2D eigenvalue weighted by Gasteiger charge is -2.03. The zero-order valence-corrected chi connectivity index (χ0v) is 11.9. The van der Waals surface area contributed by atoms with E-state index in [2.05, 4.69) is 15.3 Å². The second kappa shape index (κ2) is 5.22. The first kappa shape index (κ1) is 13.3. The Morgan fingerprint density at radius 3 is 2.61 bits per heavy atom. The Morgan fingerprint density at radius 2 is 2.06 bits per heavy atom. The zero-order chi connectivity index (χ0) is 13.3. The van der Waals surface area contributed by atoms with E-state index in [1.165, 1.54) is 11.3 Å². The van der Waals surface area contributed by atoms with Crippen molar-refractivity contribution in [1.82, 2.24) is 9.97 Å². The lowest BCUT2D eigenvalue weighted by Crippen LogP contribution is -2.13. The monoisotopic (exact) mass is 301 g/mol. The van der Waals surface area contributed by atoms with Crippen LogP contribution in [0.2, 0.25) is 10.2 Å². The molecule has 1 N–H and O–H groups in total. The molecule has 18 heavy (non-hydrogen) atoms. The summed E-state index contributed by atoms with van der Waals surface area (Å²) in [6, 6.07) is 1.61. The molecule has 2 rings (SSSR count). The topological polar surface area (TPSA) is 54.9 Å². The van der Waals surface area contributed by atoms with Crippen molar-refractivity contribution >= 4 is 46.4 Å². The minimum absolute atomic E-state index is 0.173. The average molecular weight is 302 g/mol. The number of carbonyl (C=O) groups excluding carboxylic acids is 1. The van der Waals surface area contributed by atoms with Crippen LogP contribution in [0.15, 0.2) is 11.4 Å². The molecular weight excluding hydrogens is 293 g/mol. The van der Waals surface area contributed by atoms with Gasteiger partial charge in [0.05, 0.1) is 5.02 Å². The van der Waals surface area contributed by atoms with E-state index in [1.807, 2.05) is 12.3 Å². The number of amides is 1. The van der Waals surface area contributed by atoms with Crippen LogP contribution in [0.5, 0.6) is 0 Å². The Labute approximate surface area is 118 Å². The largest absolute Gasteiger partial charge is 0.290 e. The van der Waals surface area contributed by atoms with Crippen LogP contribution in [-0.4, -0.2) is 15.9 Å². The van der Waals surface area contributed by atoms with Gasteiger partial charge < -0.3 is 0 Å². The molecule has 0 aromatic carbocycles. The standard InChI is InChI=1S/C11H9Cl2N3OS/c1-5-4-18-9(8(5)13)10(17)16-11-14-6(2)3-7(12)15-11/h3-4H,1-2H3,(H,14,15,16,17). The molecule has 1 amide bonds. The molecule has 0 fully saturated rings. The molecule has 4 nitrogen and oxygen atoms in total. The summed E-state index contributed by atoms with van der Waals surface area (Å²) in [6.07, 6.45) is 0. The number of hydrogen-bond donors (Lipinski definition) is 1. The van der Waals surface area contributed by atoms with Gasteiger partial charge in [-0.25, -0.2) is 9.97 Å². The predicted octanol–water partition coefficient (Wildman–Crippen LogP) is 3.71. The number of thiophene rings is 1. The molecule has 0 aliphatic heterocycles. The number of halogens is 2. The van der Waals surface area contributed by atoms with Crippen molar-refractivity contribution in [3.63, 3.8) is 0 Å². The van der Waals surface area contributed by atoms with Gasteiger partial charge in [0.1, 0.15) is 10.0 Å². The number of aromatic nitrogens is 2. The van der Waals surface area contributed by atoms with Gasteiger partial charge in [0.25, 0.3) is 5.91 Å². The number of hydrogen-bond acceptors (Lipinski definition) is 4. The number of anilines is 1. The molecule has 0 atom stereocenters. The van der Waals surface area contributed by atoms with Crippen molar-refractivity contribution in [3.8, 4) is 0 Å². The van der Waals surface area contributed by atoms with Crippen molar-refractivity contribution in [2.75, 3.05) is 5.32 Å². The SMILES string of the molecule is Cc1cc(Cl)nc(NC(=O)c2scc(C)c2Cl)n1. The van der Waals surface area contributed by atoms with E-state index >= 15 is 0 Å². The van der Waals surface area contributed by atoms with Gasteiger partial charge in [0.2, 0.25) is 5.95 Å². The number of carbonyl (C=O) groups is 1. The summed E-state index contributed by atoms with van der Waals surface area (Å²) in [6.45, 7) is 3.61. The quantitative estimate of drug-likeness (QED) is 0.860. The van der Waals surface area contributed by atoms with E-state index in [0.717, 1.165) is 5.56 Å². The van der Waals surface area contributed by atoms with Crippen molar-refractivity contribution < 1.29 is 4.79 Å². The molecule has 94 valence electrons. The van der Waals surface area contributed by atoms with E-state index in [-0.39, 0.29) is 17.0 Å². The fraction of sp³-hybridized carbons (Fsp3) is 0.182. The number of aryl methyl sites for hydroxylation is 2. The van der Waals surface area contributed by atoms with E-state index < -0.39 is 0 Å². The molecule has 0 saturated carbocycles. The van der Waals surface area contributed by atoms with Gasteiger partial charge in [-0.2, -0.15) is 0 Å². The first-order valence-corrected chi connectivity index (χ1v) is 6.67. The maximum absolute atomic E-state index is 12.0. The van der Waals surface area contributed by atoms with Crippen molar-refractivity contribution in [2.45, 2.75) is 13.8 Å². The highest BCUT2D eigenvalue weighted by Gasteiger charge is 2.16. The van der Waals surface area contributed by atoms with Gasteiger partial charge in [0.15, 0.2) is 0 Å². The van der Waals surface area contributed by atoms with E-state index in [1.54, 1.807) is 13.0 Å². The van der Waals surface area contributed by atoms with Crippen LogP contribution >= 0.6 is 34.5 Å². The number of nitrogens with zero attached hydrogens (tertiary/aromatic N) is 2. The van der Waals surface area contributed by atoms with Gasteiger partial charge in [-0.15, -0.1) is 11.3 Å². The van der Waals surface area contributed by atoms with Gasteiger partial charge in [0, 0.05) is 5.69 Å². The normalized spacial score (nSPS) is 10.4. The summed E-state index contributed by atoms with van der Waals surface area (Å²) in [5.41, 5.74) is 1.55. The molecule has 2 aromatic rings. The lowest BCUT2D eigenvalue weighted by molar-refractivity contribution is 0.103. The highest BCUT2D eigenvalue weighted by molar-refractivity contribution is 7.13. The molecular formula is C11H9Cl2N3OS. The molecule has 0 unspecified atom stereocenters. The van der Waals surface area contributed by atoms with Crippen LogP contribution in [0.1, 0.15) is 20.9 Å². The molecule has 0 saturated heterocycles. The fourth-order valence-corrected chi connectivity index (χ4v) is 2.74. The van der Waals surface area contributed by atoms with Crippen molar-refractivity contribution in [3.05, 3.63) is 37.8 Å². The molecule has 2 aromatic heterocycles. The summed E-state index contributed by atoms with van der Waals surface area (Å²) in [5.74, 6) is -0.160. The Morgan fingerprint density at radius 1 is 1.33 bits per heavy atom. The summed E-state index contributed by atoms with van der Waals surface area (Å²) >= 11 is 13.1. The van der Waals surface area contributed by atoms with Crippen molar-refractivity contribution in [2.24, 2.45) is 0 Å². The second-order valence-electron chi connectivity index (χ2n) is 3.67.